The zero-order valence-corrected chi connectivity index (χ0v) is 16.5. The van der Waals surface area contributed by atoms with Gasteiger partial charge in [-0.25, -0.2) is 0 Å². The van der Waals surface area contributed by atoms with Crippen LogP contribution in [0.25, 0.3) is 0 Å². The topological polar surface area (TPSA) is 24.5 Å². The average Bonchev–Trinajstić information content (AvgIpc) is 2.73. The lowest BCUT2D eigenvalue weighted by atomic mass is 10.0. The highest BCUT2D eigenvalue weighted by atomic mass is 16.5. The standard InChI is InChI=1S/C24H26N2O2/c1-3-13-25-17-9-5-7-11-21(17)27-23-16-20-24(15-19(23)25)28-22-12-8-6-10-18(22)26(20)14-4-2/h5-12,15-16,21-22H,3-4,13-14H2,1-2H3/q+2. The minimum atomic E-state index is -0.0239. The molecule has 4 heteroatoms. The second kappa shape index (κ2) is 6.93. The molecule has 142 valence electrons. The zero-order valence-electron chi connectivity index (χ0n) is 16.5. The Hall–Kier alpha value is -2.88. The van der Waals surface area contributed by atoms with Crippen molar-refractivity contribution in [3.8, 4) is 11.5 Å². The first-order valence-corrected chi connectivity index (χ1v) is 10.3. The lowest BCUT2D eigenvalue weighted by Gasteiger charge is -2.27. The largest absolute Gasteiger partial charge is 0.468 e. The Morgan fingerprint density at radius 3 is 1.61 bits per heavy atom. The van der Waals surface area contributed by atoms with Crippen LogP contribution in [0.15, 0.2) is 60.7 Å². The molecule has 0 bridgehead atoms. The summed E-state index contributed by atoms with van der Waals surface area (Å²) >= 11 is 0. The molecule has 0 aromatic heterocycles. The van der Waals surface area contributed by atoms with E-state index >= 15 is 0 Å². The maximum Gasteiger partial charge on any atom is 0.252 e. The van der Waals surface area contributed by atoms with E-state index in [1.54, 1.807) is 0 Å². The fraction of sp³-hybridized carbons (Fsp3) is 0.333. The van der Waals surface area contributed by atoms with Gasteiger partial charge in [0.15, 0.2) is 11.5 Å². The molecule has 2 aliphatic heterocycles. The van der Waals surface area contributed by atoms with Crippen LogP contribution in [0.2, 0.25) is 0 Å². The molecule has 28 heavy (non-hydrogen) atoms. The van der Waals surface area contributed by atoms with Gasteiger partial charge in [0, 0.05) is 25.0 Å². The summed E-state index contributed by atoms with van der Waals surface area (Å²) in [7, 11) is 0. The zero-order chi connectivity index (χ0) is 19.1. The minimum Gasteiger partial charge on any atom is -0.468 e. The van der Waals surface area contributed by atoms with E-state index in [2.05, 4.69) is 83.7 Å². The van der Waals surface area contributed by atoms with E-state index < -0.39 is 0 Å². The maximum atomic E-state index is 6.40. The Kier molecular flexibility index (Phi) is 4.27. The first kappa shape index (κ1) is 17.2. The van der Waals surface area contributed by atoms with Gasteiger partial charge in [0.1, 0.15) is 13.1 Å². The van der Waals surface area contributed by atoms with Crippen molar-refractivity contribution < 1.29 is 18.6 Å². The van der Waals surface area contributed by atoms with Crippen molar-refractivity contribution in [3.05, 3.63) is 60.7 Å². The molecule has 2 heterocycles. The highest BCUT2D eigenvalue weighted by Crippen LogP contribution is 2.44. The Morgan fingerprint density at radius 2 is 1.18 bits per heavy atom. The van der Waals surface area contributed by atoms with E-state index in [0.717, 1.165) is 48.8 Å². The lowest BCUT2D eigenvalue weighted by Crippen LogP contribution is -2.38. The summed E-state index contributed by atoms with van der Waals surface area (Å²) in [5, 5.41) is 0. The van der Waals surface area contributed by atoms with Crippen LogP contribution in [0.4, 0.5) is 11.4 Å². The molecule has 0 fully saturated rings. The Bertz CT molecular complexity index is 926. The third kappa shape index (κ3) is 2.67. The average molecular weight is 374 g/mol. The molecule has 0 saturated heterocycles. The van der Waals surface area contributed by atoms with Crippen LogP contribution in [0.3, 0.4) is 0 Å². The van der Waals surface area contributed by atoms with Crippen molar-refractivity contribution in [1.82, 2.24) is 0 Å². The fourth-order valence-corrected chi connectivity index (χ4v) is 4.36. The quantitative estimate of drug-likeness (QED) is 0.727. The Labute approximate surface area is 166 Å². The molecule has 0 spiro atoms. The second-order valence-corrected chi connectivity index (χ2v) is 7.51. The molecule has 1 aromatic rings. The first-order chi connectivity index (χ1) is 13.8. The predicted molar refractivity (Wildman–Crippen MR) is 112 cm³/mol. The van der Waals surface area contributed by atoms with Gasteiger partial charge in [-0.3, -0.25) is 0 Å². The molecule has 2 aliphatic carbocycles. The number of hydrogen-bond acceptors (Lipinski definition) is 2. The van der Waals surface area contributed by atoms with Crippen molar-refractivity contribution >= 4 is 22.8 Å². The number of allylic oxidation sites excluding steroid dienone is 4. The first-order valence-electron chi connectivity index (χ1n) is 10.3. The smallest absolute Gasteiger partial charge is 0.252 e. The molecular formula is C24H26N2O2+2. The van der Waals surface area contributed by atoms with Gasteiger partial charge in [-0.1, -0.05) is 38.2 Å². The third-order valence-corrected chi connectivity index (χ3v) is 5.56. The normalized spacial score (nSPS) is 23.6. The van der Waals surface area contributed by atoms with Crippen molar-refractivity contribution in [1.29, 1.82) is 0 Å². The molecule has 4 nitrogen and oxygen atoms in total. The van der Waals surface area contributed by atoms with Crippen LogP contribution < -0.4 is 9.47 Å². The monoisotopic (exact) mass is 374 g/mol. The van der Waals surface area contributed by atoms with Crippen LogP contribution in [-0.4, -0.2) is 45.9 Å². The minimum absolute atomic E-state index is 0.0239. The molecule has 1 aromatic carbocycles. The highest BCUT2D eigenvalue weighted by Gasteiger charge is 2.40. The van der Waals surface area contributed by atoms with Gasteiger partial charge in [0.05, 0.1) is 12.1 Å². The Morgan fingerprint density at radius 1 is 0.714 bits per heavy atom. The van der Waals surface area contributed by atoms with Crippen LogP contribution in [-0.2, 0) is 0 Å². The molecule has 0 radical (unpaired) electrons. The van der Waals surface area contributed by atoms with Gasteiger partial charge in [-0.2, -0.15) is 9.15 Å². The molecule has 2 unspecified atom stereocenters. The molecule has 2 atom stereocenters. The predicted octanol–water partition coefficient (Wildman–Crippen LogP) is 4.45. The van der Waals surface area contributed by atoms with Crippen molar-refractivity contribution in [2.75, 3.05) is 13.1 Å². The summed E-state index contributed by atoms with van der Waals surface area (Å²) in [5.74, 6) is 1.86. The molecule has 5 rings (SSSR count). The van der Waals surface area contributed by atoms with E-state index in [1.165, 1.54) is 11.4 Å². The van der Waals surface area contributed by atoms with Gasteiger partial charge in [-0.05, 0) is 12.2 Å². The van der Waals surface area contributed by atoms with Crippen molar-refractivity contribution in [2.45, 2.75) is 38.9 Å². The number of rotatable bonds is 4. The molecule has 0 saturated carbocycles. The van der Waals surface area contributed by atoms with Gasteiger partial charge >= 0.3 is 0 Å². The van der Waals surface area contributed by atoms with E-state index in [4.69, 9.17) is 9.47 Å². The van der Waals surface area contributed by atoms with Gasteiger partial charge in [0.2, 0.25) is 23.6 Å². The summed E-state index contributed by atoms with van der Waals surface area (Å²) in [5.41, 5.74) is 4.60. The summed E-state index contributed by atoms with van der Waals surface area (Å²) in [6, 6.07) is 4.34. The number of fused-ring (bicyclic) bond motifs is 4. The van der Waals surface area contributed by atoms with Gasteiger partial charge in [-0.15, -0.1) is 0 Å². The number of nitrogens with zero attached hydrogens (tertiary/aromatic N) is 2. The van der Waals surface area contributed by atoms with Crippen molar-refractivity contribution in [2.24, 2.45) is 0 Å². The maximum absolute atomic E-state index is 6.40. The van der Waals surface area contributed by atoms with Crippen LogP contribution in [0, 0.1) is 0 Å². The van der Waals surface area contributed by atoms with E-state index in [-0.39, 0.29) is 12.2 Å². The Balaban J connectivity index is 1.69. The van der Waals surface area contributed by atoms with Gasteiger partial charge < -0.3 is 9.47 Å². The molecular weight excluding hydrogens is 348 g/mol. The summed E-state index contributed by atoms with van der Waals surface area (Å²) in [6.45, 7) is 6.35. The van der Waals surface area contributed by atoms with E-state index in [0.29, 0.717) is 0 Å². The summed E-state index contributed by atoms with van der Waals surface area (Å²) in [6.07, 6.45) is 19.0. The molecule has 4 aliphatic rings. The SMILES string of the molecule is CCC[N+]1=C2C=CC=CC2Oc2cc3c(cc21)OC1C=CC=CC1=[N+]3CCC. The van der Waals surface area contributed by atoms with Gasteiger partial charge in [0.25, 0.3) is 11.4 Å². The number of benzene rings is 1. The van der Waals surface area contributed by atoms with Crippen molar-refractivity contribution in [3.63, 3.8) is 0 Å². The van der Waals surface area contributed by atoms with Crippen LogP contribution >= 0.6 is 0 Å². The lowest BCUT2D eigenvalue weighted by molar-refractivity contribution is -0.452. The molecule has 0 N–H and O–H groups in total. The molecule has 0 amide bonds. The van der Waals surface area contributed by atoms with Crippen LogP contribution in [0.1, 0.15) is 26.7 Å². The second-order valence-electron chi connectivity index (χ2n) is 7.51. The fourth-order valence-electron chi connectivity index (χ4n) is 4.36. The van der Waals surface area contributed by atoms with Crippen LogP contribution in [0.5, 0.6) is 11.5 Å². The number of hydrogen-bond donors (Lipinski definition) is 0. The number of ether oxygens (including phenoxy) is 2. The summed E-state index contributed by atoms with van der Waals surface area (Å²) < 4.78 is 17.6. The third-order valence-electron chi connectivity index (χ3n) is 5.56. The van der Waals surface area contributed by atoms with E-state index in [1.807, 2.05) is 0 Å². The summed E-state index contributed by atoms with van der Waals surface area (Å²) in [4.78, 5) is 0. The highest BCUT2D eigenvalue weighted by molar-refractivity contribution is 6.00. The van der Waals surface area contributed by atoms with E-state index in [9.17, 15) is 0 Å².